The molecule has 5 aromatic carbocycles. The number of hydrogen-bond donors (Lipinski definition) is 0. The van der Waals surface area contributed by atoms with Gasteiger partial charge in [-0.1, -0.05) is 84.4 Å². The predicted octanol–water partition coefficient (Wildman–Crippen LogP) is 9.13. The summed E-state index contributed by atoms with van der Waals surface area (Å²) < 4.78 is 53.6. The van der Waals surface area contributed by atoms with Gasteiger partial charge in [0, 0.05) is 50.7 Å². The van der Waals surface area contributed by atoms with Gasteiger partial charge in [0.1, 0.15) is 88.6 Å². The molecule has 3 amide bonds. The summed E-state index contributed by atoms with van der Waals surface area (Å²) in [4.78, 5) is 52.4. The minimum absolute atomic E-state index is 0.0234. The molecule has 4 aromatic heterocycles. The van der Waals surface area contributed by atoms with Crippen LogP contribution in [0, 0.1) is 18.6 Å². The van der Waals surface area contributed by atoms with Gasteiger partial charge >= 0.3 is 0 Å². The third kappa shape index (κ3) is 13.8. The van der Waals surface area contributed by atoms with E-state index in [2.05, 4.69) is 56.5 Å². The number of fused-ring (bicyclic) bond motifs is 3. The fraction of sp³-hybridized carbons (Fsp3) is 0.246. The van der Waals surface area contributed by atoms with Crippen molar-refractivity contribution in [3.8, 4) is 23.1 Å². The topological polar surface area (TPSA) is 177 Å². The Morgan fingerprint density at radius 3 is 1.63 bits per heavy atom. The van der Waals surface area contributed by atoms with Crippen molar-refractivity contribution in [3.05, 3.63) is 232 Å². The van der Waals surface area contributed by atoms with E-state index >= 15 is 0 Å². The summed E-state index contributed by atoms with van der Waals surface area (Å²) in [5.41, 5.74) is 7.80. The third-order valence-electron chi connectivity index (χ3n) is 13.6. The Morgan fingerprint density at radius 2 is 1.02 bits per heavy atom. The lowest BCUT2D eigenvalue weighted by molar-refractivity contribution is 0.0583. The molecule has 0 saturated heterocycles. The van der Waals surface area contributed by atoms with E-state index in [-0.39, 0.29) is 48.6 Å². The lowest BCUT2D eigenvalue weighted by Crippen LogP contribution is -2.46. The van der Waals surface area contributed by atoms with Crippen molar-refractivity contribution >= 4 is 17.7 Å². The van der Waals surface area contributed by atoms with Crippen LogP contribution in [0.5, 0.6) is 23.1 Å². The molecule has 414 valence electrons. The zero-order chi connectivity index (χ0) is 56.2. The summed E-state index contributed by atoms with van der Waals surface area (Å²) in [7, 11) is 1.52. The number of halogens is 2. The number of methoxy groups -OCH3 is 1. The van der Waals surface area contributed by atoms with E-state index in [1.807, 2.05) is 83.5 Å². The van der Waals surface area contributed by atoms with Crippen LogP contribution >= 0.6 is 0 Å². The highest BCUT2D eigenvalue weighted by atomic mass is 19.1. The summed E-state index contributed by atoms with van der Waals surface area (Å²) >= 11 is 0. The van der Waals surface area contributed by atoms with Crippen molar-refractivity contribution in [2.24, 2.45) is 0 Å². The number of nitrogens with zero attached hydrogens (tertiary/aromatic N) is 11. The summed E-state index contributed by atoms with van der Waals surface area (Å²) in [5.74, 6) is 1.34. The Bertz CT molecular complexity index is 3590. The molecule has 12 rings (SSSR count). The van der Waals surface area contributed by atoms with Crippen LogP contribution in [0.15, 0.2) is 164 Å². The second-order valence-corrected chi connectivity index (χ2v) is 19.5. The Morgan fingerprint density at radius 1 is 0.506 bits per heavy atom. The van der Waals surface area contributed by atoms with Crippen molar-refractivity contribution in [2.45, 2.75) is 79.0 Å². The minimum Gasteiger partial charge on any atom is -0.487 e. The Kier molecular flexibility index (Phi) is 17.1. The molecule has 20 heteroatoms. The van der Waals surface area contributed by atoms with Gasteiger partial charge in [-0.15, -0.1) is 0 Å². The zero-order valence-corrected chi connectivity index (χ0v) is 45.0. The summed E-state index contributed by atoms with van der Waals surface area (Å²) in [6, 6.07) is 45.0. The van der Waals surface area contributed by atoms with E-state index in [1.54, 1.807) is 67.7 Å². The van der Waals surface area contributed by atoms with Gasteiger partial charge in [-0.3, -0.25) is 33.4 Å². The van der Waals surface area contributed by atoms with Gasteiger partial charge in [-0.25, -0.2) is 13.8 Å². The smallest absolute Gasteiger partial charge is 0.272 e. The number of hydrogen-bond acceptors (Lipinski definition) is 12. The first-order valence-corrected chi connectivity index (χ1v) is 26.4. The average molecular weight is 1100 g/mol. The molecule has 3 aliphatic heterocycles. The van der Waals surface area contributed by atoms with Gasteiger partial charge in [0.05, 0.1) is 33.3 Å². The molecule has 0 N–H and O–H groups in total. The van der Waals surface area contributed by atoms with Crippen LogP contribution in [0.4, 0.5) is 8.78 Å². The second-order valence-electron chi connectivity index (χ2n) is 19.5. The van der Waals surface area contributed by atoms with Crippen molar-refractivity contribution < 1.29 is 42.1 Å². The molecule has 0 bridgehead atoms. The van der Waals surface area contributed by atoms with Crippen LogP contribution in [0.25, 0.3) is 0 Å². The normalized spacial score (nSPS) is 14.4. The van der Waals surface area contributed by atoms with E-state index in [4.69, 9.17) is 18.9 Å². The predicted molar refractivity (Wildman–Crippen MR) is 294 cm³/mol. The number of aromatic nitrogens is 8. The van der Waals surface area contributed by atoms with Gasteiger partial charge < -0.3 is 33.6 Å². The fourth-order valence-electron chi connectivity index (χ4n) is 9.39. The second kappa shape index (κ2) is 25.4. The largest absolute Gasteiger partial charge is 0.487 e. The molecule has 1 atom stereocenters. The lowest BCUT2D eigenvalue weighted by atomic mass is 10.1. The average Bonchev–Trinajstić information content (AvgIpc) is 4.25. The third-order valence-corrected chi connectivity index (χ3v) is 13.6. The number of amides is 3. The molecular formula is C61H59F2N11O7. The maximum atomic E-state index is 13.2. The SMILES string of the molecule is COc1nccnc1CN1CCn2nc(COc3cccc(F)c3)cc2C1=O.C[C@@H]1Cn2nc(COc3ccc(F)cc3)cc2C(=O)N1Cc1ccccc1.Cc1ccc(CN2CCn3nc(COc4ccccc4)cc3C2=O)cc1. The summed E-state index contributed by atoms with van der Waals surface area (Å²) in [6.45, 7) is 9.40. The van der Waals surface area contributed by atoms with Gasteiger partial charge in [0.25, 0.3) is 17.7 Å². The number of benzene rings is 5. The Balaban J connectivity index is 0.000000136. The molecule has 9 aromatic rings. The van der Waals surface area contributed by atoms with E-state index < -0.39 is 0 Å². The number of para-hydroxylation sites is 1. The van der Waals surface area contributed by atoms with Gasteiger partial charge in [-0.05, 0) is 91.7 Å². The molecule has 18 nitrogen and oxygen atoms in total. The van der Waals surface area contributed by atoms with Crippen molar-refractivity contribution in [1.29, 1.82) is 0 Å². The van der Waals surface area contributed by atoms with E-state index in [0.29, 0.717) is 111 Å². The number of carbonyl (C=O) groups excluding carboxylic acids is 3. The summed E-state index contributed by atoms with van der Waals surface area (Å²) in [5, 5.41) is 13.4. The molecule has 0 fully saturated rings. The Labute approximate surface area is 466 Å². The van der Waals surface area contributed by atoms with Gasteiger partial charge in [0.15, 0.2) is 0 Å². The van der Waals surface area contributed by atoms with Gasteiger partial charge in [-0.2, -0.15) is 15.3 Å². The molecule has 0 unspecified atom stereocenters. The van der Waals surface area contributed by atoms with E-state index in [1.165, 1.54) is 36.9 Å². The fourth-order valence-corrected chi connectivity index (χ4v) is 9.39. The maximum Gasteiger partial charge on any atom is 0.272 e. The molecular weight excluding hydrogens is 1040 g/mol. The van der Waals surface area contributed by atoms with Crippen LogP contribution in [-0.2, 0) is 59.1 Å². The van der Waals surface area contributed by atoms with Gasteiger partial charge in [0.2, 0.25) is 5.88 Å². The van der Waals surface area contributed by atoms with Crippen LogP contribution in [-0.4, -0.2) is 98.0 Å². The quantitative estimate of drug-likeness (QED) is 0.0898. The highest BCUT2D eigenvalue weighted by Crippen LogP contribution is 2.25. The maximum absolute atomic E-state index is 13.2. The molecule has 3 aliphatic rings. The number of ether oxygens (including phenoxy) is 4. The molecule has 0 aliphatic carbocycles. The highest BCUT2D eigenvalue weighted by Gasteiger charge is 2.32. The molecule has 81 heavy (non-hydrogen) atoms. The van der Waals surface area contributed by atoms with Crippen LogP contribution in [0.2, 0.25) is 0 Å². The lowest BCUT2D eigenvalue weighted by Gasteiger charge is -2.33. The first kappa shape index (κ1) is 54.6. The first-order valence-electron chi connectivity index (χ1n) is 26.4. The van der Waals surface area contributed by atoms with E-state index in [9.17, 15) is 23.2 Å². The van der Waals surface area contributed by atoms with Crippen LogP contribution < -0.4 is 18.9 Å². The highest BCUT2D eigenvalue weighted by molar-refractivity contribution is 5.94. The molecule has 7 heterocycles. The monoisotopic (exact) mass is 1100 g/mol. The zero-order valence-electron chi connectivity index (χ0n) is 45.0. The van der Waals surface area contributed by atoms with Crippen molar-refractivity contribution in [3.63, 3.8) is 0 Å². The minimum atomic E-state index is -0.369. The first-order chi connectivity index (χ1) is 39.4. The standard InChI is InChI=1S/C21H20FN3O2.C21H21N3O2.C19H18FN5O3/c1-15-12-25-20(21(26)24(15)13-16-5-3-2-4-6-16)11-18(23-25)14-27-19-9-7-17(22)8-10-19;1-16-7-9-17(10-8-16)14-23-11-12-24-20(21(23)25)13-18(22-24)15-26-19-5-3-2-4-6-19;1-27-18-16(21-5-6-22-18)11-24-7-8-25-17(19(24)26)10-14(23-25)12-28-15-4-2-3-13(20)9-15/h2-11,15H,12-14H2,1H3;2-10,13H,11-12,14-15H2,1H3;2-6,9-10H,7-8,11-12H2,1H3/t15-;;/m1../s1. The molecule has 0 spiro atoms. The van der Waals surface area contributed by atoms with E-state index in [0.717, 1.165) is 22.6 Å². The van der Waals surface area contributed by atoms with Crippen LogP contribution in [0.3, 0.4) is 0 Å². The summed E-state index contributed by atoms with van der Waals surface area (Å²) in [6.07, 6.45) is 3.11. The number of rotatable bonds is 16. The van der Waals surface area contributed by atoms with Crippen molar-refractivity contribution in [2.75, 3.05) is 20.2 Å². The molecule has 0 saturated carbocycles. The van der Waals surface area contributed by atoms with Crippen molar-refractivity contribution in [1.82, 2.24) is 54.0 Å². The van der Waals surface area contributed by atoms with Crippen LogP contribution in [0.1, 0.15) is 77.9 Å². The number of aryl methyl sites for hydroxylation is 1. The molecule has 0 radical (unpaired) electrons. The number of carbonyl (C=O) groups is 3. The Hall–Kier alpha value is -9.72.